The molecule has 1 fully saturated rings. The fourth-order valence-electron chi connectivity index (χ4n) is 3.12. The maximum Gasteiger partial charge on any atom is 0.254 e. The molecule has 2 aromatic carbocycles. The molecule has 0 saturated carbocycles. The normalized spacial score (nSPS) is 14.0. The van der Waals surface area contributed by atoms with Gasteiger partial charge >= 0.3 is 0 Å². The van der Waals surface area contributed by atoms with E-state index in [4.69, 9.17) is 17.0 Å². The molecule has 2 amide bonds. The summed E-state index contributed by atoms with van der Waals surface area (Å²) in [7, 11) is 0. The van der Waals surface area contributed by atoms with Gasteiger partial charge in [0.05, 0.1) is 13.2 Å². The summed E-state index contributed by atoms with van der Waals surface area (Å²) in [4.78, 5) is 26.4. The molecule has 1 heterocycles. The Morgan fingerprint density at radius 2 is 1.68 bits per heavy atom. The van der Waals surface area contributed by atoms with Crippen molar-refractivity contribution in [3.05, 3.63) is 71.3 Å². The van der Waals surface area contributed by atoms with E-state index >= 15 is 0 Å². The average molecular weight is 438 g/mol. The third kappa shape index (κ3) is 6.73. The SMILES string of the molecule is CC(C)c1ccc(/C=C/C(=O)NC(=S)Nc2ccc(C(=O)N3CCOCC3)cc2)cc1. The van der Waals surface area contributed by atoms with Crippen LogP contribution in [0.2, 0.25) is 0 Å². The quantitative estimate of drug-likeness (QED) is 0.550. The molecule has 1 aliphatic heterocycles. The molecule has 1 saturated heterocycles. The van der Waals surface area contributed by atoms with Gasteiger partial charge in [-0.2, -0.15) is 0 Å². The molecule has 0 aromatic heterocycles. The summed E-state index contributed by atoms with van der Waals surface area (Å²) >= 11 is 5.21. The number of nitrogens with one attached hydrogen (secondary N) is 2. The van der Waals surface area contributed by atoms with Crippen LogP contribution in [0.1, 0.15) is 41.3 Å². The van der Waals surface area contributed by atoms with Crippen LogP contribution in [0.15, 0.2) is 54.6 Å². The Balaban J connectivity index is 1.49. The number of benzene rings is 2. The van der Waals surface area contributed by atoms with E-state index in [-0.39, 0.29) is 16.9 Å². The molecule has 0 unspecified atom stereocenters. The molecule has 0 bridgehead atoms. The molecule has 0 radical (unpaired) electrons. The lowest BCUT2D eigenvalue weighted by Gasteiger charge is -2.26. The summed E-state index contributed by atoms with van der Waals surface area (Å²) in [5.74, 6) is 0.137. The van der Waals surface area contributed by atoms with E-state index < -0.39 is 0 Å². The predicted molar refractivity (Wildman–Crippen MR) is 127 cm³/mol. The molecule has 7 heteroatoms. The lowest BCUT2D eigenvalue weighted by Crippen LogP contribution is -2.40. The van der Waals surface area contributed by atoms with Crippen LogP contribution >= 0.6 is 12.2 Å². The number of carbonyl (C=O) groups excluding carboxylic acids is 2. The first-order chi connectivity index (χ1) is 14.9. The van der Waals surface area contributed by atoms with Gasteiger partial charge in [-0.05, 0) is 59.6 Å². The number of amides is 2. The van der Waals surface area contributed by atoms with Crippen molar-refractivity contribution in [2.75, 3.05) is 31.6 Å². The topological polar surface area (TPSA) is 70.7 Å². The molecule has 0 atom stereocenters. The van der Waals surface area contributed by atoms with E-state index in [1.165, 1.54) is 11.6 Å². The van der Waals surface area contributed by atoms with Gasteiger partial charge in [0.1, 0.15) is 0 Å². The van der Waals surface area contributed by atoms with Crippen molar-refractivity contribution in [3.63, 3.8) is 0 Å². The second-order valence-corrected chi connectivity index (χ2v) is 7.99. The van der Waals surface area contributed by atoms with Gasteiger partial charge in [-0.1, -0.05) is 38.1 Å². The number of hydrogen-bond acceptors (Lipinski definition) is 4. The summed E-state index contributed by atoms with van der Waals surface area (Å²) < 4.78 is 5.28. The van der Waals surface area contributed by atoms with Gasteiger partial charge in [-0.15, -0.1) is 0 Å². The van der Waals surface area contributed by atoms with Gasteiger partial charge in [0.25, 0.3) is 5.91 Å². The second kappa shape index (κ2) is 10.8. The van der Waals surface area contributed by atoms with E-state index in [1.807, 2.05) is 12.1 Å². The number of anilines is 1. The molecule has 2 aromatic rings. The van der Waals surface area contributed by atoms with Gasteiger partial charge in [0, 0.05) is 30.4 Å². The maximum absolute atomic E-state index is 12.5. The number of nitrogens with zero attached hydrogens (tertiary/aromatic N) is 1. The third-order valence-corrected chi connectivity index (χ3v) is 5.16. The van der Waals surface area contributed by atoms with E-state index in [0.29, 0.717) is 43.5 Å². The van der Waals surface area contributed by atoms with Gasteiger partial charge in [-0.25, -0.2) is 0 Å². The first-order valence-electron chi connectivity index (χ1n) is 10.3. The fraction of sp³-hybridized carbons (Fsp3) is 0.292. The van der Waals surface area contributed by atoms with Gasteiger partial charge in [0.2, 0.25) is 5.91 Å². The Kier molecular flexibility index (Phi) is 7.92. The molecule has 6 nitrogen and oxygen atoms in total. The van der Waals surface area contributed by atoms with Crippen LogP contribution in [-0.2, 0) is 9.53 Å². The highest BCUT2D eigenvalue weighted by molar-refractivity contribution is 7.80. The van der Waals surface area contributed by atoms with Crippen LogP contribution in [0.5, 0.6) is 0 Å². The van der Waals surface area contributed by atoms with Crippen LogP contribution in [0.4, 0.5) is 5.69 Å². The maximum atomic E-state index is 12.5. The van der Waals surface area contributed by atoms with Crippen LogP contribution in [0, 0.1) is 0 Å². The van der Waals surface area contributed by atoms with E-state index in [1.54, 1.807) is 35.2 Å². The molecule has 31 heavy (non-hydrogen) atoms. The largest absolute Gasteiger partial charge is 0.378 e. The van der Waals surface area contributed by atoms with Gasteiger partial charge in [-0.3, -0.25) is 14.9 Å². The fourth-order valence-corrected chi connectivity index (χ4v) is 3.34. The zero-order valence-corrected chi connectivity index (χ0v) is 18.6. The highest BCUT2D eigenvalue weighted by Crippen LogP contribution is 2.15. The Bertz CT molecular complexity index is 947. The summed E-state index contributed by atoms with van der Waals surface area (Å²) in [5, 5.41) is 5.77. The Labute approximate surface area is 188 Å². The van der Waals surface area contributed by atoms with Crippen molar-refractivity contribution in [1.29, 1.82) is 0 Å². The summed E-state index contributed by atoms with van der Waals surface area (Å²) in [5.41, 5.74) is 3.49. The minimum Gasteiger partial charge on any atom is -0.378 e. The minimum absolute atomic E-state index is 0.0164. The van der Waals surface area contributed by atoms with Crippen LogP contribution in [0.25, 0.3) is 6.08 Å². The highest BCUT2D eigenvalue weighted by Gasteiger charge is 2.18. The second-order valence-electron chi connectivity index (χ2n) is 7.58. The van der Waals surface area contributed by atoms with E-state index in [0.717, 1.165) is 5.56 Å². The van der Waals surface area contributed by atoms with Crippen molar-refractivity contribution in [2.24, 2.45) is 0 Å². The molecular weight excluding hydrogens is 410 g/mol. The summed E-state index contributed by atoms with van der Waals surface area (Å²) in [6, 6.07) is 15.1. The zero-order valence-electron chi connectivity index (χ0n) is 17.8. The zero-order chi connectivity index (χ0) is 22.2. The average Bonchev–Trinajstić information content (AvgIpc) is 2.78. The Morgan fingerprint density at radius 1 is 1.03 bits per heavy atom. The smallest absolute Gasteiger partial charge is 0.254 e. The van der Waals surface area contributed by atoms with Crippen molar-refractivity contribution in [2.45, 2.75) is 19.8 Å². The molecule has 162 valence electrons. The number of hydrogen-bond donors (Lipinski definition) is 2. The molecule has 2 N–H and O–H groups in total. The number of thiocarbonyl (C=S) groups is 1. The van der Waals surface area contributed by atoms with Crippen LogP contribution in [0.3, 0.4) is 0 Å². The Morgan fingerprint density at radius 3 is 2.29 bits per heavy atom. The molecule has 1 aliphatic rings. The predicted octanol–water partition coefficient (Wildman–Crippen LogP) is 3.81. The summed E-state index contributed by atoms with van der Waals surface area (Å²) in [6.07, 6.45) is 3.19. The lowest BCUT2D eigenvalue weighted by molar-refractivity contribution is -0.115. The van der Waals surface area contributed by atoms with Crippen molar-refractivity contribution >= 4 is 40.9 Å². The minimum atomic E-state index is -0.315. The van der Waals surface area contributed by atoms with Crippen LogP contribution < -0.4 is 10.6 Å². The van der Waals surface area contributed by atoms with Crippen LogP contribution in [-0.4, -0.2) is 48.1 Å². The number of carbonyl (C=O) groups is 2. The summed E-state index contributed by atoms with van der Waals surface area (Å²) in [6.45, 7) is 6.62. The first kappa shape index (κ1) is 22.7. The third-order valence-electron chi connectivity index (χ3n) is 4.96. The van der Waals surface area contributed by atoms with Gasteiger partial charge in [0.15, 0.2) is 5.11 Å². The monoisotopic (exact) mass is 437 g/mol. The number of ether oxygens (including phenoxy) is 1. The number of morpholine rings is 1. The van der Waals surface area contributed by atoms with E-state index in [2.05, 4.69) is 36.6 Å². The molecule has 0 spiro atoms. The van der Waals surface area contributed by atoms with Gasteiger partial charge < -0.3 is 15.0 Å². The van der Waals surface area contributed by atoms with Crippen molar-refractivity contribution < 1.29 is 14.3 Å². The Hall–Kier alpha value is -3.03. The highest BCUT2D eigenvalue weighted by atomic mass is 32.1. The number of rotatable bonds is 5. The molecule has 3 rings (SSSR count). The lowest BCUT2D eigenvalue weighted by atomic mass is 10.0. The van der Waals surface area contributed by atoms with Crippen molar-refractivity contribution in [3.8, 4) is 0 Å². The van der Waals surface area contributed by atoms with E-state index in [9.17, 15) is 9.59 Å². The molecular formula is C24H27N3O3S. The van der Waals surface area contributed by atoms with Crippen molar-refractivity contribution in [1.82, 2.24) is 10.2 Å². The molecule has 0 aliphatic carbocycles. The standard InChI is InChI=1S/C24H27N3O3S/c1-17(2)19-6-3-18(4-7-19)5-12-22(28)26-24(31)25-21-10-8-20(9-11-21)23(29)27-13-15-30-16-14-27/h3-12,17H,13-16H2,1-2H3,(H2,25,26,28,31)/b12-5+. The first-order valence-corrected chi connectivity index (χ1v) is 10.7.